The van der Waals surface area contributed by atoms with Gasteiger partial charge in [0.05, 0.1) is 6.10 Å². The summed E-state index contributed by atoms with van der Waals surface area (Å²) in [6.07, 6.45) is 0.148. The zero-order valence-electron chi connectivity index (χ0n) is 14.8. The summed E-state index contributed by atoms with van der Waals surface area (Å²) < 4.78 is 5.83. The van der Waals surface area contributed by atoms with Crippen LogP contribution in [0.5, 0.6) is 5.75 Å². The summed E-state index contributed by atoms with van der Waals surface area (Å²) in [7, 11) is 0. The first-order valence-electron chi connectivity index (χ1n) is 8.35. The van der Waals surface area contributed by atoms with E-state index in [1.807, 2.05) is 70.2 Å². The Morgan fingerprint density at radius 1 is 0.958 bits per heavy atom. The van der Waals surface area contributed by atoms with Crippen molar-refractivity contribution in [3.05, 3.63) is 54.1 Å². The lowest BCUT2D eigenvalue weighted by molar-refractivity contribution is -0.118. The number of anilines is 2. The highest BCUT2D eigenvalue weighted by molar-refractivity contribution is 5.92. The maximum atomic E-state index is 11.7. The smallest absolute Gasteiger partial charge is 0.226 e. The van der Waals surface area contributed by atoms with E-state index in [-0.39, 0.29) is 17.9 Å². The molecule has 0 aliphatic carbocycles. The minimum Gasteiger partial charge on any atom is -0.491 e. The Kier molecular flexibility index (Phi) is 6.24. The topological polar surface area (TPSA) is 50.4 Å². The van der Waals surface area contributed by atoms with Crippen LogP contribution in [0.1, 0.15) is 33.3 Å². The Labute approximate surface area is 144 Å². The zero-order valence-corrected chi connectivity index (χ0v) is 14.8. The first-order valence-corrected chi connectivity index (χ1v) is 8.35. The van der Waals surface area contributed by atoms with E-state index in [1.54, 1.807) is 0 Å². The summed E-state index contributed by atoms with van der Waals surface area (Å²) in [6.45, 7) is 8.48. The van der Waals surface area contributed by atoms with Gasteiger partial charge in [0.15, 0.2) is 0 Å². The zero-order chi connectivity index (χ0) is 17.5. The summed E-state index contributed by atoms with van der Waals surface area (Å²) in [4.78, 5) is 11.7. The number of ether oxygens (including phenoxy) is 1. The van der Waals surface area contributed by atoms with Crippen LogP contribution in [0.4, 0.5) is 11.4 Å². The number of carbonyl (C=O) groups excluding carboxylic acids is 1. The summed E-state index contributed by atoms with van der Waals surface area (Å²) in [5.41, 5.74) is 2.92. The highest BCUT2D eigenvalue weighted by Crippen LogP contribution is 2.21. The van der Waals surface area contributed by atoms with Crippen molar-refractivity contribution in [1.29, 1.82) is 0 Å². The molecule has 4 heteroatoms. The average Bonchev–Trinajstić information content (AvgIpc) is 2.54. The highest BCUT2D eigenvalue weighted by Gasteiger charge is 2.07. The van der Waals surface area contributed by atoms with Gasteiger partial charge in [0.1, 0.15) is 5.75 Å². The van der Waals surface area contributed by atoms with E-state index in [1.165, 1.54) is 0 Å². The first kappa shape index (κ1) is 17.9. The lowest BCUT2D eigenvalue weighted by Gasteiger charge is -2.15. The standard InChI is InChI=1S/C20H26N2O2/c1-14(2)20(23)22-18-11-9-17(10-12-18)21-13-16-7-5-6-8-19(16)24-15(3)4/h5-12,14-15,21H,13H2,1-4H3,(H,22,23). The lowest BCUT2D eigenvalue weighted by Crippen LogP contribution is -2.17. The van der Waals surface area contributed by atoms with Crippen molar-refractivity contribution in [2.24, 2.45) is 5.92 Å². The van der Waals surface area contributed by atoms with Crippen LogP contribution in [0.2, 0.25) is 0 Å². The molecule has 4 nitrogen and oxygen atoms in total. The van der Waals surface area contributed by atoms with Gasteiger partial charge < -0.3 is 15.4 Å². The molecule has 0 saturated heterocycles. The monoisotopic (exact) mass is 326 g/mol. The van der Waals surface area contributed by atoms with Crippen molar-refractivity contribution in [3.63, 3.8) is 0 Å². The fourth-order valence-corrected chi connectivity index (χ4v) is 2.17. The predicted octanol–water partition coefficient (Wildman–Crippen LogP) is 4.68. The second kappa shape index (κ2) is 8.39. The van der Waals surface area contributed by atoms with Crippen molar-refractivity contribution in [1.82, 2.24) is 0 Å². The van der Waals surface area contributed by atoms with Gasteiger partial charge in [-0.3, -0.25) is 4.79 Å². The van der Waals surface area contributed by atoms with Crippen LogP contribution < -0.4 is 15.4 Å². The molecule has 1 amide bonds. The Balaban J connectivity index is 1.97. The van der Waals surface area contributed by atoms with E-state index in [4.69, 9.17) is 4.74 Å². The summed E-state index contributed by atoms with van der Waals surface area (Å²) >= 11 is 0. The number of nitrogens with one attached hydrogen (secondary N) is 2. The van der Waals surface area contributed by atoms with E-state index < -0.39 is 0 Å². The number of rotatable bonds is 7. The fourth-order valence-electron chi connectivity index (χ4n) is 2.17. The molecular weight excluding hydrogens is 300 g/mol. The van der Waals surface area contributed by atoms with Gasteiger partial charge in [0.2, 0.25) is 5.91 Å². The Morgan fingerprint density at radius 2 is 1.58 bits per heavy atom. The van der Waals surface area contributed by atoms with Crippen molar-refractivity contribution in [2.45, 2.75) is 40.3 Å². The van der Waals surface area contributed by atoms with Gasteiger partial charge in [-0.2, -0.15) is 0 Å². The minimum atomic E-state index is -0.0275. The minimum absolute atomic E-state index is 0.0236. The van der Waals surface area contributed by atoms with E-state index in [0.717, 1.165) is 22.7 Å². The van der Waals surface area contributed by atoms with Crippen LogP contribution in [0, 0.1) is 5.92 Å². The third-order valence-electron chi connectivity index (χ3n) is 3.50. The van der Waals surface area contributed by atoms with Gasteiger partial charge in [-0.05, 0) is 44.2 Å². The second-order valence-electron chi connectivity index (χ2n) is 6.35. The lowest BCUT2D eigenvalue weighted by atomic mass is 10.2. The van der Waals surface area contributed by atoms with Crippen LogP contribution in [0.3, 0.4) is 0 Å². The molecule has 2 rings (SSSR count). The van der Waals surface area contributed by atoms with Gasteiger partial charge in [-0.15, -0.1) is 0 Å². The molecule has 0 atom stereocenters. The van der Waals surface area contributed by atoms with E-state index in [2.05, 4.69) is 16.7 Å². The number of para-hydroxylation sites is 1. The number of carbonyl (C=O) groups is 1. The highest BCUT2D eigenvalue weighted by atomic mass is 16.5. The predicted molar refractivity (Wildman–Crippen MR) is 99.4 cm³/mol. The van der Waals surface area contributed by atoms with Gasteiger partial charge in [-0.25, -0.2) is 0 Å². The average molecular weight is 326 g/mol. The normalized spacial score (nSPS) is 10.8. The van der Waals surface area contributed by atoms with Crippen LogP contribution in [-0.4, -0.2) is 12.0 Å². The van der Waals surface area contributed by atoms with E-state index >= 15 is 0 Å². The third kappa shape index (κ3) is 5.30. The molecule has 2 aromatic carbocycles. The summed E-state index contributed by atoms with van der Waals surface area (Å²) in [6, 6.07) is 15.8. The molecule has 0 heterocycles. The Hall–Kier alpha value is -2.49. The van der Waals surface area contributed by atoms with Crippen molar-refractivity contribution in [3.8, 4) is 5.75 Å². The van der Waals surface area contributed by atoms with Crippen LogP contribution in [0.15, 0.2) is 48.5 Å². The largest absolute Gasteiger partial charge is 0.491 e. The maximum Gasteiger partial charge on any atom is 0.226 e. The molecule has 0 aromatic heterocycles. The first-order chi connectivity index (χ1) is 11.5. The summed E-state index contributed by atoms with van der Waals surface area (Å²) in [5.74, 6) is 0.900. The van der Waals surface area contributed by atoms with Gasteiger partial charge in [0, 0.05) is 29.4 Å². The molecular formula is C20H26N2O2. The van der Waals surface area contributed by atoms with Crippen molar-refractivity contribution < 1.29 is 9.53 Å². The van der Waals surface area contributed by atoms with Gasteiger partial charge >= 0.3 is 0 Å². The molecule has 0 fully saturated rings. The Bertz CT molecular complexity index is 664. The van der Waals surface area contributed by atoms with Crippen molar-refractivity contribution >= 4 is 17.3 Å². The molecule has 0 bridgehead atoms. The Morgan fingerprint density at radius 3 is 2.21 bits per heavy atom. The second-order valence-corrected chi connectivity index (χ2v) is 6.35. The third-order valence-corrected chi connectivity index (χ3v) is 3.50. The molecule has 128 valence electrons. The molecule has 0 aliphatic rings. The molecule has 2 aromatic rings. The van der Waals surface area contributed by atoms with Crippen LogP contribution in [-0.2, 0) is 11.3 Å². The maximum absolute atomic E-state index is 11.7. The van der Waals surface area contributed by atoms with Gasteiger partial charge in [0.25, 0.3) is 0 Å². The fraction of sp³-hybridized carbons (Fsp3) is 0.350. The molecule has 0 unspecified atom stereocenters. The number of benzene rings is 2. The molecule has 24 heavy (non-hydrogen) atoms. The van der Waals surface area contributed by atoms with Gasteiger partial charge in [-0.1, -0.05) is 32.0 Å². The molecule has 0 radical (unpaired) electrons. The molecule has 0 aliphatic heterocycles. The molecule has 0 saturated carbocycles. The van der Waals surface area contributed by atoms with E-state index in [0.29, 0.717) is 6.54 Å². The summed E-state index contributed by atoms with van der Waals surface area (Å²) in [5, 5.41) is 6.27. The van der Waals surface area contributed by atoms with E-state index in [9.17, 15) is 4.79 Å². The van der Waals surface area contributed by atoms with Crippen LogP contribution >= 0.6 is 0 Å². The SMILES string of the molecule is CC(C)Oc1ccccc1CNc1ccc(NC(=O)C(C)C)cc1. The van der Waals surface area contributed by atoms with Crippen molar-refractivity contribution in [2.75, 3.05) is 10.6 Å². The quantitative estimate of drug-likeness (QED) is 0.776. The molecule has 0 spiro atoms. The molecule has 2 N–H and O–H groups in total. The number of amides is 1. The van der Waals surface area contributed by atoms with Crippen LogP contribution in [0.25, 0.3) is 0 Å². The number of hydrogen-bond acceptors (Lipinski definition) is 3. The number of hydrogen-bond donors (Lipinski definition) is 2.